The number of nitrogens with one attached hydrogen (secondary N) is 1. The first kappa shape index (κ1) is 13.5. The normalized spacial score (nSPS) is 9.75. The van der Waals surface area contributed by atoms with E-state index in [0.29, 0.717) is 29.3 Å². The maximum absolute atomic E-state index is 12.0. The van der Waals surface area contributed by atoms with Gasteiger partial charge in [0.1, 0.15) is 17.6 Å². The number of hydrogen-bond donors (Lipinski definition) is 2. The molecule has 0 aliphatic rings. The molecule has 0 aliphatic carbocycles. The summed E-state index contributed by atoms with van der Waals surface area (Å²) in [7, 11) is 0. The van der Waals surface area contributed by atoms with Crippen LogP contribution in [-0.4, -0.2) is 12.5 Å². The van der Waals surface area contributed by atoms with Crippen molar-refractivity contribution in [2.45, 2.75) is 6.54 Å². The molecule has 0 radical (unpaired) electrons. The molecule has 2 aromatic rings. The van der Waals surface area contributed by atoms with E-state index in [9.17, 15) is 4.79 Å². The number of anilines is 1. The molecule has 20 heavy (non-hydrogen) atoms. The molecule has 102 valence electrons. The fourth-order valence-electron chi connectivity index (χ4n) is 1.59. The van der Waals surface area contributed by atoms with Crippen molar-refractivity contribution in [2.24, 2.45) is 0 Å². The van der Waals surface area contributed by atoms with Crippen LogP contribution in [0.4, 0.5) is 5.69 Å². The van der Waals surface area contributed by atoms with E-state index < -0.39 is 0 Å². The fraction of sp³-hybridized carbons (Fsp3) is 0.143. The van der Waals surface area contributed by atoms with E-state index in [1.54, 1.807) is 30.5 Å². The molecule has 3 N–H and O–H groups in total. The molecule has 0 bridgehead atoms. The van der Waals surface area contributed by atoms with E-state index in [2.05, 4.69) is 5.32 Å². The molecule has 0 saturated heterocycles. The number of furan rings is 1. The third-order valence-corrected chi connectivity index (χ3v) is 2.57. The van der Waals surface area contributed by atoms with Gasteiger partial charge in [-0.25, -0.2) is 0 Å². The number of hydrogen-bond acceptors (Lipinski definition) is 5. The summed E-state index contributed by atoms with van der Waals surface area (Å²) in [5.41, 5.74) is 6.48. The minimum atomic E-state index is -0.275. The molecule has 0 aliphatic heterocycles. The summed E-state index contributed by atoms with van der Waals surface area (Å²) in [6, 6.07) is 10.0. The Hall–Kier alpha value is -2.94. The van der Waals surface area contributed by atoms with Crippen LogP contribution in [0.25, 0.3) is 0 Å². The number of ether oxygens (including phenoxy) is 1. The molecular formula is C14H13N3O3. The van der Waals surface area contributed by atoms with Crippen molar-refractivity contribution in [1.29, 1.82) is 5.26 Å². The van der Waals surface area contributed by atoms with E-state index in [-0.39, 0.29) is 12.5 Å². The lowest BCUT2D eigenvalue weighted by Crippen LogP contribution is -2.22. The van der Waals surface area contributed by atoms with Crippen molar-refractivity contribution in [3.63, 3.8) is 0 Å². The number of nitrogens with zero attached hydrogens (tertiary/aromatic N) is 1. The highest BCUT2D eigenvalue weighted by atomic mass is 16.5. The first-order valence-corrected chi connectivity index (χ1v) is 5.90. The van der Waals surface area contributed by atoms with Crippen LogP contribution in [0.3, 0.4) is 0 Å². The van der Waals surface area contributed by atoms with Gasteiger partial charge in [-0.2, -0.15) is 5.26 Å². The molecule has 6 heteroatoms. The van der Waals surface area contributed by atoms with Crippen LogP contribution >= 0.6 is 0 Å². The summed E-state index contributed by atoms with van der Waals surface area (Å²) in [5, 5.41) is 11.2. The van der Waals surface area contributed by atoms with Crippen molar-refractivity contribution in [3.05, 3.63) is 47.9 Å². The molecule has 2 rings (SSSR count). The Labute approximate surface area is 115 Å². The summed E-state index contributed by atoms with van der Waals surface area (Å²) in [6.07, 6.45) is 1.54. The molecule has 0 fully saturated rings. The first-order chi connectivity index (χ1) is 9.70. The van der Waals surface area contributed by atoms with Gasteiger partial charge in [-0.15, -0.1) is 0 Å². The van der Waals surface area contributed by atoms with Crippen molar-refractivity contribution in [2.75, 3.05) is 12.3 Å². The average molecular weight is 271 g/mol. The van der Waals surface area contributed by atoms with Gasteiger partial charge < -0.3 is 20.2 Å². The van der Waals surface area contributed by atoms with Crippen LogP contribution in [0.5, 0.6) is 5.75 Å². The van der Waals surface area contributed by atoms with Crippen molar-refractivity contribution in [1.82, 2.24) is 5.32 Å². The predicted molar refractivity (Wildman–Crippen MR) is 71.8 cm³/mol. The highest BCUT2D eigenvalue weighted by molar-refractivity contribution is 5.95. The van der Waals surface area contributed by atoms with Gasteiger partial charge in [0.2, 0.25) is 0 Å². The number of nitrogens with two attached hydrogens (primary N) is 1. The zero-order valence-corrected chi connectivity index (χ0v) is 10.6. The lowest BCUT2D eigenvalue weighted by atomic mass is 10.1. The molecule has 0 saturated carbocycles. The van der Waals surface area contributed by atoms with Crippen LogP contribution in [-0.2, 0) is 6.54 Å². The Morgan fingerprint density at radius 3 is 3.00 bits per heavy atom. The second-order valence-electron chi connectivity index (χ2n) is 3.96. The number of carbonyl (C=O) groups excluding carboxylic acids is 1. The van der Waals surface area contributed by atoms with Crippen LogP contribution in [0.1, 0.15) is 16.1 Å². The van der Waals surface area contributed by atoms with Crippen molar-refractivity contribution in [3.8, 4) is 11.8 Å². The number of amides is 1. The molecule has 0 unspecified atom stereocenters. The number of benzene rings is 1. The molecule has 1 amide bonds. The molecule has 1 aromatic heterocycles. The van der Waals surface area contributed by atoms with E-state index in [1.807, 2.05) is 6.07 Å². The second kappa shape index (κ2) is 6.29. The van der Waals surface area contributed by atoms with E-state index in [1.165, 1.54) is 6.07 Å². The molecule has 1 heterocycles. The van der Waals surface area contributed by atoms with Gasteiger partial charge in [0.15, 0.2) is 6.61 Å². The van der Waals surface area contributed by atoms with Gasteiger partial charge in [-0.3, -0.25) is 4.79 Å². The Morgan fingerprint density at radius 1 is 1.45 bits per heavy atom. The van der Waals surface area contributed by atoms with Crippen LogP contribution in [0.15, 0.2) is 41.0 Å². The number of nitriles is 1. The second-order valence-corrected chi connectivity index (χ2v) is 3.96. The van der Waals surface area contributed by atoms with E-state index >= 15 is 0 Å². The van der Waals surface area contributed by atoms with Gasteiger partial charge in [0.05, 0.1) is 18.5 Å². The maximum atomic E-state index is 12.0. The SMILES string of the molecule is N#CCOc1cc(C(=O)NCc2ccco2)ccc1N. The Morgan fingerprint density at radius 2 is 2.30 bits per heavy atom. The lowest BCUT2D eigenvalue weighted by Gasteiger charge is -2.08. The number of carbonyl (C=O) groups is 1. The maximum Gasteiger partial charge on any atom is 0.251 e. The predicted octanol–water partition coefficient (Wildman–Crippen LogP) is 1.69. The molecule has 0 spiro atoms. The summed E-state index contributed by atoms with van der Waals surface area (Å²) >= 11 is 0. The number of nitrogen functional groups attached to an aromatic ring is 1. The molecule has 0 atom stereocenters. The van der Waals surface area contributed by atoms with Crippen LogP contribution in [0.2, 0.25) is 0 Å². The highest BCUT2D eigenvalue weighted by Crippen LogP contribution is 2.22. The number of rotatable bonds is 5. The summed E-state index contributed by atoms with van der Waals surface area (Å²) in [6.45, 7) is 0.173. The van der Waals surface area contributed by atoms with Crippen LogP contribution < -0.4 is 15.8 Å². The smallest absolute Gasteiger partial charge is 0.251 e. The standard InChI is InChI=1S/C14H13N3O3/c15-5-7-20-13-8-10(3-4-12(13)16)14(18)17-9-11-2-1-6-19-11/h1-4,6,8H,7,9,16H2,(H,17,18). The zero-order chi connectivity index (χ0) is 14.4. The molecule has 6 nitrogen and oxygen atoms in total. The zero-order valence-electron chi connectivity index (χ0n) is 10.6. The third-order valence-electron chi connectivity index (χ3n) is 2.57. The lowest BCUT2D eigenvalue weighted by molar-refractivity contribution is 0.0947. The Kier molecular flexibility index (Phi) is 4.24. The Balaban J connectivity index is 2.04. The summed E-state index contributed by atoms with van der Waals surface area (Å²) in [4.78, 5) is 12.0. The van der Waals surface area contributed by atoms with E-state index in [4.69, 9.17) is 20.1 Å². The average Bonchev–Trinajstić information content (AvgIpc) is 2.97. The fourth-order valence-corrected chi connectivity index (χ4v) is 1.59. The minimum Gasteiger partial charge on any atom is -0.477 e. The quantitative estimate of drug-likeness (QED) is 0.806. The van der Waals surface area contributed by atoms with Gasteiger partial charge in [0.25, 0.3) is 5.91 Å². The minimum absolute atomic E-state index is 0.123. The van der Waals surface area contributed by atoms with Gasteiger partial charge in [0, 0.05) is 5.56 Å². The largest absolute Gasteiger partial charge is 0.477 e. The summed E-state index contributed by atoms with van der Waals surface area (Å²) < 4.78 is 10.3. The first-order valence-electron chi connectivity index (χ1n) is 5.90. The van der Waals surface area contributed by atoms with Gasteiger partial charge in [-0.05, 0) is 30.3 Å². The summed E-state index contributed by atoms with van der Waals surface area (Å²) in [5.74, 6) is 0.704. The van der Waals surface area contributed by atoms with Crippen molar-refractivity contribution < 1.29 is 13.9 Å². The Bertz CT molecular complexity index is 630. The van der Waals surface area contributed by atoms with Gasteiger partial charge >= 0.3 is 0 Å². The highest BCUT2D eigenvalue weighted by Gasteiger charge is 2.09. The topological polar surface area (TPSA) is 101 Å². The van der Waals surface area contributed by atoms with Gasteiger partial charge in [-0.1, -0.05) is 0 Å². The molecular weight excluding hydrogens is 258 g/mol. The van der Waals surface area contributed by atoms with E-state index in [0.717, 1.165) is 0 Å². The molecule has 1 aromatic carbocycles. The third kappa shape index (κ3) is 3.29. The monoisotopic (exact) mass is 271 g/mol. The van der Waals surface area contributed by atoms with Crippen LogP contribution in [0, 0.1) is 11.3 Å². The van der Waals surface area contributed by atoms with Crippen molar-refractivity contribution >= 4 is 11.6 Å².